The van der Waals surface area contributed by atoms with Crippen LogP contribution in [0.4, 0.5) is 0 Å². The van der Waals surface area contributed by atoms with E-state index in [1.54, 1.807) is 9.59 Å². The molecule has 0 aliphatic carbocycles. The van der Waals surface area contributed by atoms with Gasteiger partial charge in [-0.1, -0.05) is 55.4 Å². The van der Waals surface area contributed by atoms with Crippen molar-refractivity contribution >= 4 is 0 Å². The van der Waals surface area contributed by atoms with Gasteiger partial charge in [0.2, 0.25) is 0 Å². The van der Waals surface area contributed by atoms with Gasteiger partial charge in [0.15, 0.2) is 23.3 Å². The summed E-state index contributed by atoms with van der Waals surface area (Å²) in [5.74, 6) is 5.07. The molecule has 0 aliphatic rings. The Balaban J connectivity index is 0.000000293. The van der Waals surface area contributed by atoms with Crippen molar-refractivity contribution in [2.75, 3.05) is 0 Å². The van der Waals surface area contributed by atoms with Gasteiger partial charge in [-0.2, -0.15) is 9.59 Å². The van der Waals surface area contributed by atoms with Crippen LogP contribution in [0.15, 0.2) is 0 Å². The fourth-order valence-corrected chi connectivity index (χ4v) is 3.27. The van der Waals surface area contributed by atoms with Crippen molar-refractivity contribution in [1.29, 1.82) is 0 Å². The monoisotopic (exact) mass is 616 g/mol. The quantitative estimate of drug-likeness (QED) is 0.243. The Labute approximate surface area is 262 Å². The Morgan fingerprint density at radius 1 is 0.364 bits per heavy atom. The highest BCUT2D eigenvalue weighted by atomic mass is 15.6. The minimum Gasteiger partial charge on any atom is -0.227 e. The molecule has 0 radical (unpaired) electrons. The van der Waals surface area contributed by atoms with Crippen molar-refractivity contribution in [1.82, 2.24) is 80.8 Å². The van der Waals surface area contributed by atoms with E-state index in [-0.39, 0.29) is 0 Å². The van der Waals surface area contributed by atoms with Crippen molar-refractivity contribution in [3.05, 3.63) is 23.3 Å². The van der Waals surface area contributed by atoms with Gasteiger partial charge < -0.3 is 0 Å². The SMILES string of the molecule is CC(C)c1nnn(C(C)C)n1.CC(C)c1nnn(C(C)C)n1.CC(C)c1nnnn1C(C)C.CC(C)c1nnnn1C(C)C. The van der Waals surface area contributed by atoms with Crippen LogP contribution in [0.2, 0.25) is 0 Å². The predicted octanol–water partition coefficient (Wildman–Crippen LogP) is 5.51. The van der Waals surface area contributed by atoms with Crippen LogP contribution in [0, 0.1) is 0 Å². The van der Waals surface area contributed by atoms with Crippen molar-refractivity contribution in [3.63, 3.8) is 0 Å². The van der Waals surface area contributed by atoms with Crippen molar-refractivity contribution in [3.8, 4) is 0 Å². The standard InChI is InChI=1S/4C7H14N4/c2*1-5(2)7-8-9-10-11(7)6(3)4;2*1-5(2)7-8-10-11(9-7)6(3)4/h4*5-6H,1-4H3. The number of hydrogen-bond donors (Lipinski definition) is 0. The molecule has 0 saturated carbocycles. The van der Waals surface area contributed by atoms with Gasteiger partial charge in [0.1, 0.15) is 0 Å². The van der Waals surface area contributed by atoms with E-state index in [1.807, 2.05) is 37.1 Å². The molecule has 4 aromatic heterocycles. The lowest BCUT2D eigenvalue weighted by Gasteiger charge is -2.08. The normalized spacial score (nSPS) is 11.5. The second-order valence-corrected chi connectivity index (χ2v) is 12.9. The topological polar surface area (TPSA) is 174 Å². The summed E-state index contributed by atoms with van der Waals surface area (Å²) in [6, 6.07) is 1.30. The molecule has 0 aromatic carbocycles. The van der Waals surface area contributed by atoms with E-state index in [2.05, 4.69) is 145 Å². The Kier molecular flexibility index (Phi) is 15.8. The first-order chi connectivity index (χ1) is 20.5. The smallest absolute Gasteiger partial charge is 0.177 e. The van der Waals surface area contributed by atoms with Gasteiger partial charge in [0.05, 0.1) is 24.2 Å². The van der Waals surface area contributed by atoms with E-state index in [1.165, 1.54) is 0 Å². The maximum absolute atomic E-state index is 4.20. The highest BCUT2D eigenvalue weighted by molar-refractivity contribution is 4.90. The minimum absolute atomic E-state index is 0.301. The molecule has 16 nitrogen and oxygen atoms in total. The molecule has 0 aliphatic heterocycles. The third kappa shape index (κ3) is 12.1. The summed E-state index contributed by atoms with van der Waals surface area (Å²) in [5, 5.41) is 47.0. The Bertz CT molecular complexity index is 1120. The summed E-state index contributed by atoms with van der Waals surface area (Å²) in [4.78, 5) is 3.27. The number of rotatable bonds is 8. The van der Waals surface area contributed by atoms with E-state index in [0.29, 0.717) is 47.8 Å². The second kappa shape index (κ2) is 18.2. The summed E-state index contributed by atoms with van der Waals surface area (Å²) in [5.41, 5.74) is 0. The summed E-state index contributed by atoms with van der Waals surface area (Å²) < 4.78 is 3.70. The molecule has 248 valence electrons. The molecule has 0 amide bonds. The number of tetrazole rings is 4. The first-order valence-electron chi connectivity index (χ1n) is 15.6. The van der Waals surface area contributed by atoms with Gasteiger partial charge in [-0.3, -0.25) is 0 Å². The van der Waals surface area contributed by atoms with Crippen LogP contribution in [-0.2, 0) is 0 Å². The molecular weight excluding hydrogens is 560 g/mol. The average Bonchev–Trinajstić information content (AvgIpc) is 3.75. The lowest BCUT2D eigenvalue weighted by atomic mass is 10.2. The van der Waals surface area contributed by atoms with Crippen LogP contribution in [0.1, 0.15) is 182 Å². The number of aromatic nitrogens is 16. The molecule has 0 atom stereocenters. The fraction of sp³-hybridized carbons (Fsp3) is 0.857. The largest absolute Gasteiger partial charge is 0.227 e. The molecule has 0 bridgehead atoms. The molecular formula is C28H56N16. The maximum Gasteiger partial charge on any atom is 0.177 e. The summed E-state index contributed by atoms with van der Waals surface area (Å²) in [6.45, 7) is 33.0. The van der Waals surface area contributed by atoms with Gasteiger partial charge in [0.25, 0.3) is 0 Å². The molecule has 0 unspecified atom stereocenters. The average molecular weight is 617 g/mol. The maximum atomic E-state index is 4.20. The molecule has 4 aromatic rings. The van der Waals surface area contributed by atoms with Gasteiger partial charge in [-0.05, 0) is 86.7 Å². The van der Waals surface area contributed by atoms with Gasteiger partial charge in [0, 0.05) is 23.7 Å². The predicted molar refractivity (Wildman–Crippen MR) is 169 cm³/mol. The van der Waals surface area contributed by atoms with Gasteiger partial charge in [-0.25, -0.2) is 9.36 Å². The first-order valence-corrected chi connectivity index (χ1v) is 15.6. The van der Waals surface area contributed by atoms with E-state index < -0.39 is 0 Å². The third-order valence-corrected chi connectivity index (χ3v) is 5.89. The molecule has 16 heteroatoms. The van der Waals surface area contributed by atoms with Crippen LogP contribution in [0.5, 0.6) is 0 Å². The zero-order valence-electron chi connectivity index (χ0n) is 29.8. The van der Waals surface area contributed by atoms with E-state index in [4.69, 9.17) is 0 Å². The molecule has 0 saturated heterocycles. The van der Waals surface area contributed by atoms with E-state index in [0.717, 1.165) is 23.3 Å². The molecule has 0 N–H and O–H groups in total. The van der Waals surface area contributed by atoms with Crippen molar-refractivity contribution < 1.29 is 0 Å². The molecule has 4 heterocycles. The zero-order valence-corrected chi connectivity index (χ0v) is 29.8. The molecule has 44 heavy (non-hydrogen) atoms. The van der Waals surface area contributed by atoms with Crippen LogP contribution >= 0.6 is 0 Å². The Hall–Kier alpha value is -3.72. The molecule has 4 rings (SSSR count). The Morgan fingerprint density at radius 3 is 0.841 bits per heavy atom. The third-order valence-electron chi connectivity index (χ3n) is 5.89. The van der Waals surface area contributed by atoms with Gasteiger partial charge >= 0.3 is 0 Å². The number of nitrogens with zero attached hydrogens (tertiary/aromatic N) is 16. The fourth-order valence-electron chi connectivity index (χ4n) is 3.27. The van der Waals surface area contributed by atoms with Crippen molar-refractivity contribution in [2.24, 2.45) is 0 Å². The van der Waals surface area contributed by atoms with Crippen LogP contribution in [0.25, 0.3) is 0 Å². The van der Waals surface area contributed by atoms with Crippen LogP contribution in [-0.4, -0.2) is 80.8 Å². The van der Waals surface area contributed by atoms with Crippen LogP contribution < -0.4 is 0 Å². The molecule has 0 fully saturated rings. The first kappa shape index (κ1) is 38.3. The van der Waals surface area contributed by atoms with Crippen LogP contribution in [0.3, 0.4) is 0 Å². The van der Waals surface area contributed by atoms with E-state index >= 15 is 0 Å². The summed E-state index contributed by atoms with van der Waals surface area (Å²) >= 11 is 0. The van der Waals surface area contributed by atoms with Crippen molar-refractivity contribution in [2.45, 2.75) is 159 Å². The minimum atomic E-state index is 0.301. The lowest BCUT2D eigenvalue weighted by molar-refractivity contribution is 0.452. The second-order valence-electron chi connectivity index (χ2n) is 12.9. The zero-order chi connectivity index (χ0) is 33.7. The molecule has 0 spiro atoms. The van der Waals surface area contributed by atoms with E-state index in [9.17, 15) is 0 Å². The lowest BCUT2D eigenvalue weighted by Crippen LogP contribution is -2.09. The highest BCUT2D eigenvalue weighted by Gasteiger charge is 2.13. The number of hydrogen-bond acceptors (Lipinski definition) is 12. The summed E-state index contributed by atoms with van der Waals surface area (Å²) in [6.07, 6.45) is 0. The summed E-state index contributed by atoms with van der Waals surface area (Å²) in [7, 11) is 0. The Morgan fingerprint density at radius 2 is 0.682 bits per heavy atom. The van der Waals surface area contributed by atoms with Gasteiger partial charge in [-0.15, -0.1) is 30.6 Å². The highest BCUT2D eigenvalue weighted by Crippen LogP contribution is 2.14.